The Kier molecular flexibility index (Phi) is 4.24. The lowest BCUT2D eigenvalue weighted by atomic mass is 9.88. The number of para-hydroxylation sites is 1. The summed E-state index contributed by atoms with van der Waals surface area (Å²) >= 11 is 0. The first-order valence-electron chi connectivity index (χ1n) is 7.50. The molecule has 0 saturated heterocycles. The van der Waals surface area contributed by atoms with Crippen molar-refractivity contribution in [3.8, 4) is 0 Å². The van der Waals surface area contributed by atoms with Crippen LogP contribution in [0.1, 0.15) is 33.6 Å². The van der Waals surface area contributed by atoms with E-state index in [0.29, 0.717) is 5.41 Å². The second-order valence-electron chi connectivity index (χ2n) is 7.46. The molecule has 0 amide bonds. The molecule has 108 valence electrons. The van der Waals surface area contributed by atoms with Crippen LogP contribution in [0.15, 0.2) is 53.3 Å². The van der Waals surface area contributed by atoms with Crippen molar-refractivity contribution in [1.29, 1.82) is 0 Å². The molecule has 1 aromatic rings. The third-order valence-corrected chi connectivity index (χ3v) is 6.68. The van der Waals surface area contributed by atoms with Crippen molar-refractivity contribution in [2.75, 3.05) is 4.98 Å². The molecule has 0 aliphatic heterocycles. The first-order valence-corrected chi connectivity index (χ1v) is 10.5. The van der Waals surface area contributed by atoms with Crippen LogP contribution in [0.4, 0.5) is 5.69 Å². The number of nitrogens with one attached hydrogen (secondary N) is 1. The van der Waals surface area contributed by atoms with Gasteiger partial charge in [0.2, 0.25) is 0 Å². The van der Waals surface area contributed by atoms with Crippen LogP contribution < -0.4 is 4.98 Å². The monoisotopic (exact) mass is 285 g/mol. The van der Waals surface area contributed by atoms with Gasteiger partial charge in [0.05, 0.1) is 0 Å². The highest BCUT2D eigenvalue weighted by molar-refractivity contribution is 6.87. The summed E-state index contributed by atoms with van der Waals surface area (Å²) in [6, 6.07) is 10.6. The Morgan fingerprint density at radius 2 is 1.75 bits per heavy atom. The van der Waals surface area contributed by atoms with Crippen LogP contribution in [0.2, 0.25) is 13.1 Å². The summed E-state index contributed by atoms with van der Waals surface area (Å²) in [7, 11) is -1.61. The summed E-state index contributed by atoms with van der Waals surface area (Å²) in [6.07, 6.45) is 6.98. The van der Waals surface area contributed by atoms with E-state index in [2.05, 4.69) is 81.3 Å². The molecule has 1 aliphatic rings. The van der Waals surface area contributed by atoms with E-state index in [-0.39, 0.29) is 0 Å². The molecule has 1 N–H and O–H groups in total. The lowest BCUT2D eigenvalue weighted by Gasteiger charge is -2.30. The van der Waals surface area contributed by atoms with Gasteiger partial charge in [-0.2, -0.15) is 0 Å². The summed E-state index contributed by atoms with van der Waals surface area (Å²) in [4.78, 5) is 3.82. The fourth-order valence-corrected chi connectivity index (χ4v) is 5.54. The van der Waals surface area contributed by atoms with Crippen molar-refractivity contribution in [3.05, 3.63) is 53.3 Å². The zero-order chi connectivity index (χ0) is 14.8. The van der Waals surface area contributed by atoms with Gasteiger partial charge in [-0.3, -0.25) is 0 Å². The Balaban J connectivity index is 2.22. The minimum Gasteiger partial charge on any atom is -0.407 e. The average molecular weight is 286 g/mol. The first-order chi connectivity index (χ1) is 9.28. The second kappa shape index (κ2) is 5.61. The van der Waals surface area contributed by atoms with E-state index in [0.717, 1.165) is 6.42 Å². The maximum atomic E-state index is 3.82. The van der Waals surface area contributed by atoms with Crippen LogP contribution >= 0.6 is 0 Å². The molecule has 1 aliphatic carbocycles. The minimum atomic E-state index is -1.61. The normalized spacial score (nSPS) is 15.8. The summed E-state index contributed by atoms with van der Waals surface area (Å²) in [6.45, 7) is 11.8. The Bertz CT molecular complexity index is 518. The predicted molar refractivity (Wildman–Crippen MR) is 92.4 cm³/mol. The standard InChI is InChI=1S/C18H27NSi/c1-18(2,3)14-15-10-9-13-17(15)20(4,5)19-16-11-7-6-8-12-16/h6-12,19H,13-14H2,1-5H3. The number of allylic oxidation sites excluding steroid dienone is 4. The third-order valence-electron chi connectivity index (χ3n) is 3.73. The summed E-state index contributed by atoms with van der Waals surface area (Å²) in [5, 5.41) is 1.66. The van der Waals surface area contributed by atoms with Crippen LogP contribution in [0, 0.1) is 5.41 Å². The van der Waals surface area contributed by atoms with Gasteiger partial charge in [0, 0.05) is 5.69 Å². The van der Waals surface area contributed by atoms with Gasteiger partial charge < -0.3 is 4.98 Å². The van der Waals surface area contributed by atoms with Gasteiger partial charge in [0.1, 0.15) is 0 Å². The number of benzene rings is 1. The highest BCUT2D eigenvalue weighted by Crippen LogP contribution is 2.35. The molecule has 0 heterocycles. The molecule has 0 aromatic heterocycles. The number of hydrogen-bond acceptors (Lipinski definition) is 1. The van der Waals surface area contributed by atoms with Crippen LogP contribution in [0.5, 0.6) is 0 Å². The molecule has 0 unspecified atom stereocenters. The molecule has 0 bridgehead atoms. The first kappa shape index (κ1) is 15.1. The zero-order valence-corrected chi connectivity index (χ0v) is 14.5. The van der Waals surface area contributed by atoms with E-state index < -0.39 is 8.24 Å². The molecule has 0 spiro atoms. The second-order valence-corrected chi connectivity index (χ2v) is 11.6. The van der Waals surface area contributed by atoms with Gasteiger partial charge in [-0.05, 0) is 43.5 Å². The molecule has 0 radical (unpaired) electrons. The molecular weight excluding hydrogens is 258 g/mol. The summed E-state index contributed by atoms with van der Waals surface area (Å²) in [5.41, 5.74) is 3.17. The Hall–Kier alpha value is -1.28. The van der Waals surface area contributed by atoms with E-state index in [1.165, 1.54) is 12.1 Å². The van der Waals surface area contributed by atoms with Crippen molar-refractivity contribution >= 4 is 13.9 Å². The van der Waals surface area contributed by atoms with E-state index in [9.17, 15) is 0 Å². The number of hydrogen-bond donors (Lipinski definition) is 1. The molecule has 0 fully saturated rings. The maximum Gasteiger partial charge on any atom is 0.175 e. The summed E-state index contributed by atoms with van der Waals surface area (Å²) in [5.74, 6) is 0. The number of anilines is 1. The lowest BCUT2D eigenvalue weighted by molar-refractivity contribution is 0.413. The van der Waals surface area contributed by atoms with Crippen molar-refractivity contribution in [2.24, 2.45) is 5.41 Å². The van der Waals surface area contributed by atoms with Gasteiger partial charge in [0.25, 0.3) is 0 Å². The van der Waals surface area contributed by atoms with Crippen molar-refractivity contribution in [1.82, 2.24) is 0 Å². The third kappa shape index (κ3) is 3.86. The molecule has 0 saturated carbocycles. The quantitative estimate of drug-likeness (QED) is 0.717. The van der Waals surface area contributed by atoms with Gasteiger partial charge in [0.15, 0.2) is 8.24 Å². The highest BCUT2D eigenvalue weighted by atomic mass is 28.3. The van der Waals surface area contributed by atoms with Gasteiger partial charge in [-0.25, -0.2) is 0 Å². The van der Waals surface area contributed by atoms with E-state index in [1.807, 2.05) is 0 Å². The molecule has 0 atom stereocenters. The fraction of sp³-hybridized carbons (Fsp3) is 0.444. The number of rotatable bonds is 4. The van der Waals surface area contributed by atoms with Gasteiger partial charge >= 0.3 is 0 Å². The van der Waals surface area contributed by atoms with Crippen molar-refractivity contribution < 1.29 is 0 Å². The average Bonchev–Trinajstić information content (AvgIpc) is 2.76. The van der Waals surface area contributed by atoms with E-state index in [4.69, 9.17) is 0 Å². The van der Waals surface area contributed by atoms with Crippen molar-refractivity contribution in [3.63, 3.8) is 0 Å². The fourth-order valence-electron chi connectivity index (χ4n) is 2.90. The zero-order valence-electron chi connectivity index (χ0n) is 13.5. The molecular formula is C18H27NSi. The molecule has 2 heteroatoms. The van der Waals surface area contributed by atoms with Crippen LogP contribution in [-0.4, -0.2) is 8.24 Å². The Morgan fingerprint density at radius 1 is 1.10 bits per heavy atom. The Labute approximate surface area is 124 Å². The van der Waals surface area contributed by atoms with Gasteiger partial charge in [-0.1, -0.05) is 61.9 Å². The molecule has 1 nitrogen and oxygen atoms in total. The maximum absolute atomic E-state index is 3.82. The lowest BCUT2D eigenvalue weighted by Crippen LogP contribution is -2.40. The van der Waals surface area contributed by atoms with Gasteiger partial charge in [-0.15, -0.1) is 0 Å². The molecule has 2 rings (SSSR count). The Morgan fingerprint density at radius 3 is 2.35 bits per heavy atom. The van der Waals surface area contributed by atoms with Crippen LogP contribution in [0.25, 0.3) is 0 Å². The highest BCUT2D eigenvalue weighted by Gasteiger charge is 2.31. The topological polar surface area (TPSA) is 12.0 Å². The van der Waals surface area contributed by atoms with Crippen molar-refractivity contribution in [2.45, 2.75) is 46.7 Å². The predicted octanol–water partition coefficient (Wildman–Crippen LogP) is 5.54. The van der Waals surface area contributed by atoms with E-state index in [1.54, 1.807) is 10.8 Å². The summed E-state index contributed by atoms with van der Waals surface area (Å²) < 4.78 is 0. The largest absolute Gasteiger partial charge is 0.407 e. The van der Waals surface area contributed by atoms with Crippen LogP contribution in [-0.2, 0) is 0 Å². The SMILES string of the molecule is CC(C)(C)CC1=C([Si](C)(C)Nc2ccccc2)CC=C1. The molecule has 20 heavy (non-hydrogen) atoms. The van der Waals surface area contributed by atoms with Crippen LogP contribution in [0.3, 0.4) is 0 Å². The smallest absolute Gasteiger partial charge is 0.175 e. The molecule has 1 aromatic carbocycles. The minimum absolute atomic E-state index is 0.354. The van der Waals surface area contributed by atoms with E-state index >= 15 is 0 Å².